The van der Waals surface area contributed by atoms with E-state index in [4.69, 9.17) is 4.43 Å². The molecule has 1 unspecified atom stereocenters. The van der Waals surface area contributed by atoms with Gasteiger partial charge in [0.2, 0.25) is 0 Å². The van der Waals surface area contributed by atoms with E-state index < -0.39 is 8.32 Å². The Labute approximate surface area is 108 Å². The van der Waals surface area contributed by atoms with Crippen LogP contribution in [-0.2, 0) is 4.43 Å². The van der Waals surface area contributed by atoms with E-state index >= 15 is 0 Å². The summed E-state index contributed by atoms with van der Waals surface area (Å²) in [6.07, 6.45) is 0. The third-order valence-corrected chi connectivity index (χ3v) is 8.82. The molecule has 0 aromatic carbocycles. The molecule has 1 rings (SSSR count). The first-order chi connectivity index (χ1) is 7.78. The van der Waals surface area contributed by atoms with Gasteiger partial charge in [-0.25, -0.2) is 0 Å². The van der Waals surface area contributed by atoms with Crippen LogP contribution in [0.4, 0.5) is 0 Å². The van der Waals surface area contributed by atoms with Crippen LogP contribution in [0.3, 0.4) is 0 Å². The van der Waals surface area contributed by atoms with Crippen molar-refractivity contribution in [1.82, 2.24) is 10.2 Å². The summed E-state index contributed by atoms with van der Waals surface area (Å²) < 4.78 is 6.32. The van der Waals surface area contributed by atoms with Crippen molar-refractivity contribution in [2.75, 3.05) is 32.8 Å². The molecule has 0 amide bonds. The topological polar surface area (TPSA) is 24.5 Å². The molecule has 0 aliphatic carbocycles. The zero-order valence-electron chi connectivity index (χ0n) is 12.5. The van der Waals surface area contributed by atoms with Crippen LogP contribution in [0.2, 0.25) is 18.1 Å². The first-order valence-corrected chi connectivity index (χ1v) is 9.77. The van der Waals surface area contributed by atoms with Gasteiger partial charge in [0.1, 0.15) is 0 Å². The molecule has 0 spiro atoms. The van der Waals surface area contributed by atoms with Gasteiger partial charge in [-0.05, 0) is 24.7 Å². The Hall–Kier alpha value is 0.0969. The molecular weight excluding hydrogens is 228 g/mol. The second kappa shape index (κ2) is 5.82. The summed E-state index contributed by atoms with van der Waals surface area (Å²) in [6.45, 7) is 19.2. The molecule has 1 heterocycles. The lowest BCUT2D eigenvalue weighted by Crippen LogP contribution is -2.55. The lowest BCUT2D eigenvalue weighted by Gasteiger charge is -2.40. The van der Waals surface area contributed by atoms with Gasteiger partial charge in [0.05, 0.1) is 6.61 Å². The first kappa shape index (κ1) is 15.2. The highest BCUT2D eigenvalue weighted by molar-refractivity contribution is 6.74. The summed E-state index contributed by atoms with van der Waals surface area (Å²) in [4.78, 5) is 2.53. The first-order valence-electron chi connectivity index (χ1n) is 6.86. The number of rotatable bonds is 4. The number of hydrogen-bond acceptors (Lipinski definition) is 3. The minimum Gasteiger partial charge on any atom is -0.415 e. The van der Waals surface area contributed by atoms with E-state index in [2.05, 4.69) is 51.0 Å². The maximum Gasteiger partial charge on any atom is 0.192 e. The smallest absolute Gasteiger partial charge is 0.192 e. The lowest BCUT2D eigenvalue weighted by molar-refractivity contribution is 0.110. The van der Waals surface area contributed by atoms with E-state index in [1.807, 2.05) is 0 Å². The van der Waals surface area contributed by atoms with E-state index in [0.29, 0.717) is 11.1 Å². The van der Waals surface area contributed by atoms with Crippen LogP contribution >= 0.6 is 0 Å². The van der Waals surface area contributed by atoms with Gasteiger partial charge < -0.3 is 9.74 Å². The maximum absolute atomic E-state index is 6.32. The lowest BCUT2D eigenvalue weighted by atomic mass is 10.2. The molecule has 17 heavy (non-hydrogen) atoms. The van der Waals surface area contributed by atoms with Crippen LogP contribution in [0.25, 0.3) is 0 Å². The maximum atomic E-state index is 6.32. The molecule has 0 saturated carbocycles. The van der Waals surface area contributed by atoms with Crippen molar-refractivity contribution in [3.8, 4) is 0 Å². The molecule has 0 radical (unpaired) electrons. The molecule has 0 aromatic heterocycles. The minimum absolute atomic E-state index is 0.312. The largest absolute Gasteiger partial charge is 0.415 e. The molecule has 102 valence electrons. The Morgan fingerprint density at radius 3 is 2.53 bits per heavy atom. The summed E-state index contributed by atoms with van der Waals surface area (Å²) in [5.41, 5.74) is 0. The molecule has 1 N–H and O–H groups in total. The fraction of sp³-hybridized carbons (Fsp3) is 1.00. The van der Waals surface area contributed by atoms with Gasteiger partial charge >= 0.3 is 0 Å². The second-order valence-electron chi connectivity index (χ2n) is 6.56. The number of likely N-dealkylation sites (N-methyl/N-ethyl adjacent to an activating group) is 1. The Morgan fingerprint density at radius 1 is 1.35 bits per heavy atom. The van der Waals surface area contributed by atoms with E-state index in [0.717, 1.165) is 32.8 Å². The normalized spacial score (nSPS) is 24.0. The number of hydrogen-bond donors (Lipinski definition) is 1. The van der Waals surface area contributed by atoms with Gasteiger partial charge in [-0.15, -0.1) is 0 Å². The van der Waals surface area contributed by atoms with Crippen LogP contribution in [-0.4, -0.2) is 52.0 Å². The average Bonchev–Trinajstić information content (AvgIpc) is 2.25. The Morgan fingerprint density at radius 2 is 2.00 bits per heavy atom. The number of nitrogens with zero attached hydrogens (tertiary/aromatic N) is 1. The Kier molecular flexibility index (Phi) is 5.19. The number of nitrogens with one attached hydrogen (secondary N) is 1. The second-order valence-corrected chi connectivity index (χ2v) is 11.4. The van der Waals surface area contributed by atoms with Crippen molar-refractivity contribution in [3.05, 3.63) is 0 Å². The van der Waals surface area contributed by atoms with Gasteiger partial charge in [0, 0.05) is 25.7 Å². The van der Waals surface area contributed by atoms with Crippen molar-refractivity contribution in [3.63, 3.8) is 0 Å². The van der Waals surface area contributed by atoms with E-state index in [1.165, 1.54) is 0 Å². The van der Waals surface area contributed by atoms with Gasteiger partial charge in [0.25, 0.3) is 0 Å². The molecule has 0 bridgehead atoms. The standard InChI is InChI=1S/C13H30N2OSi/c1-7-15-9-8-14-10-12(15)11-16-17(5,6)13(2,3)4/h12,14H,7-11H2,1-6H3. The molecule has 1 saturated heterocycles. The molecule has 4 heteroatoms. The Bertz CT molecular complexity index is 238. The van der Waals surface area contributed by atoms with Crippen LogP contribution in [0, 0.1) is 0 Å². The van der Waals surface area contributed by atoms with Crippen LogP contribution < -0.4 is 5.32 Å². The van der Waals surface area contributed by atoms with Crippen LogP contribution in [0.1, 0.15) is 27.7 Å². The summed E-state index contributed by atoms with van der Waals surface area (Å²) in [5.74, 6) is 0. The predicted octanol–water partition coefficient (Wildman–Crippen LogP) is 2.30. The molecule has 1 aliphatic heterocycles. The predicted molar refractivity (Wildman–Crippen MR) is 77.1 cm³/mol. The molecule has 1 atom stereocenters. The molecule has 1 aliphatic rings. The quantitative estimate of drug-likeness (QED) is 0.783. The van der Waals surface area contributed by atoms with Crippen molar-refractivity contribution >= 4 is 8.32 Å². The van der Waals surface area contributed by atoms with Crippen LogP contribution in [0.15, 0.2) is 0 Å². The van der Waals surface area contributed by atoms with E-state index in [-0.39, 0.29) is 0 Å². The highest BCUT2D eigenvalue weighted by Crippen LogP contribution is 2.36. The van der Waals surface area contributed by atoms with Crippen molar-refractivity contribution in [1.29, 1.82) is 0 Å². The van der Waals surface area contributed by atoms with Crippen molar-refractivity contribution in [2.24, 2.45) is 0 Å². The SMILES string of the molecule is CCN1CCNCC1CO[Si](C)(C)C(C)(C)C. The molecule has 1 fully saturated rings. The third-order valence-electron chi connectivity index (χ3n) is 4.32. The highest BCUT2D eigenvalue weighted by atomic mass is 28.4. The van der Waals surface area contributed by atoms with Crippen LogP contribution in [0.5, 0.6) is 0 Å². The zero-order chi connectivity index (χ0) is 13.1. The summed E-state index contributed by atoms with van der Waals surface area (Å²) in [6, 6.07) is 0.558. The van der Waals surface area contributed by atoms with Gasteiger partial charge in [-0.3, -0.25) is 4.90 Å². The fourth-order valence-corrected chi connectivity index (χ4v) is 2.95. The average molecular weight is 258 g/mol. The monoisotopic (exact) mass is 258 g/mol. The fourth-order valence-electron chi connectivity index (χ4n) is 1.90. The molecular formula is C13H30N2OSi. The van der Waals surface area contributed by atoms with Crippen molar-refractivity contribution < 1.29 is 4.43 Å². The summed E-state index contributed by atoms with van der Waals surface area (Å²) in [7, 11) is -1.59. The Balaban J connectivity index is 2.49. The van der Waals surface area contributed by atoms with Gasteiger partial charge in [-0.1, -0.05) is 27.7 Å². The third kappa shape index (κ3) is 4.05. The highest BCUT2D eigenvalue weighted by Gasteiger charge is 2.38. The summed E-state index contributed by atoms with van der Waals surface area (Å²) >= 11 is 0. The van der Waals surface area contributed by atoms with E-state index in [1.54, 1.807) is 0 Å². The molecule has 3 nitrogen and oxygen atoms in total. The van der Waals surface area contributed by atoms with E-state index in [9.17, 15) is 0 Å². The summed E-state index contributed by atoms with van der Waals surface area (Å²) in [5, 5.41) is 3.78. The minimum atomic E-state index is -1.59. The molecule has 0 aromatic rings. The van der Waals surface area contributed by atoms with Gasteiger partial charge in [0.15, 0.2) is 8.32 Å². The number of piperazine rings is 1. The van der Waals surface area contributed by atoms with Gasteiger partial charge in [-0.2, -0.15) is 0 Å². The zero-order valence-corrected chi connectivity index (χ0v) is 13.5. The van der Waals surface area contributed by atoms with Crippen molar-refractivity contribution in [2.45, 2.75) is 51.9 Å².